The summed E-state index contributed by atoms with van der Waals surface area (Å²) >= 11 is 0. The van der Waals surface area contributed by atoms with Crippen LogP contribution in [0.2, 0.25) is 0 Å². The molecule has 19 heavy (non-hydrogen) atoms. The molecule has 2 fully saturated rings. The van der Waals surface area contributed by atoms with Gasteiger partial charge in [-0.3, -0.25) is 4.90 Å². The quantitative estimate of drug-likeness (QED) is 0.877. The first-order valence-corrected chi connectivity index (χ1v) is 7.65. The largest absolute Gasteiger partial charge is 0.312 e. The van der Waals surface area contributed by atoms with Crippen molar-refractivity contribution in [3.05, 3.63) is 35.9 Å². The zero-order chi connectivity index (χ0) is 13.5. The van der Waals surface area contributed by atoms with Gasteiger partial charge in [-0.1, -0.05) is 30.3 Å². The molecule has 0 aliphatic carbocycles. The molecule has 3 unspecified atom stereocenters. The molecular weight excluding hydrogens is 232 g/mol. The molecule has 2 saturated heterocycles. The molecule has 1 aromatic carbocycles. The summed E-state index contributed by atoms with van der Waals surface area (Å²) in [5.74, 6) is 0.812. The highest BCUT2D eigenvalue weighted by atomic mass is 15.3. The lowest BCUT2D eigenvalue weighted by Crippen LogP contribution is -2.53. The van der Waals surface area contributed by atoms with Gasteiger partial charge < -0.3 is 5.32 Å². The highest BCUT2D eigenvalue weighted by molar-refractivity contribution is 5.18. The Morgan fingerprint density at radius 1 is 1.26 bits per heavy atom. The second-order valence-corrected chi connectivity index (χ2v) is 6.75. The van der Waals surface area contributed by atoms with Crippen molar-refractivity contribution in [2.45, 2.75) is 57.8 Å². The fraction of sp³-hybridized carbons (Fsp3) is 0.647. The standard InChI is InChI=1S/C17H26N2/c1-13-15-10-7-11-18-16(15)17(2,3)19(13)12-14-8-5-4-6-9-14/h4-6,8-9,13,15-16,18H,7,10-12H2,1-3H3. The third kappa shape index (κ3) is 2.21. The van der Waals surface area contributed by atoms with E-state index in [1.54, 1.807) is 0 Å². The lowest BCUT2D eigenvalue weighted by atomic mass is 9.82. The molecule has 3 atom stereocenters. The predicted octanol–water partition coefficient (Wildman–Crippen LogP) is 3.04. The number of likely N-dealkylation sites (tertiary alicyclic amines) is 1. The van der Waals surface area contributed by atoms with Gasteiger partial charge >= 0.3 is 0 Å². The van der Waals surface area contributed by atoms with E-state index >= 15 is 0 Å². The van der Waals surface area contributed by atoms with Gasteiger partial charge in [0.1, 0.15) is 0 Å². The Bertz CT molecular complexity index is 426. The Kier molecular flexibility index (Phi) is 3.40. The van der Waals surface area contributed by atoms with E-state index in [4.69, 9.17) is 0 Å². The molecule has 104 valence electrons. The smallest absolute Gasteiger partial charge is 0.0316 e. The number of fused-ring (bicyclic) bond motifs is 1. The molecule has 2 aliphatic heterocycles. The first kappa shape index (κ1) is 13.1. The van der Waals surface area contributed by atoms with E-state index in [2.05, 4.69) is 61.3 Å². The zero-order valence-corrected chi connectivity index (χ0v) is 12.4. The highest BCUT2D eigenvalue weighted by Gasteiger charge is 2.52. The Morgan fingerprint density at radius 3 is 2.68 bits per heavy atom. The SMILES string of the molecule is CC1C2CCCNC2C(C)(C)N1Cc1ccccc1. The molecule has 1 aromatic rings. The Morgan fingerprint density at radius 2 is 2.00 bits per heavy atom. The van der Waals surface area contributed by atoms with Crippen molar-refractivity contribution in [3.63, 3.8) is 0 Å². The summed E-state index contributed by atoms with van der Waals surface area (Å²) in [7, 11) is 0. The van der Waals surface area contributed by atoms with Crippen LogP contribution >= 0.6 is 0 Å². The molecule has 3 rings (SSSR count). The van der Waals surface area contributed by atoms with Crippen molar-refractivity contribution >= 4 is 0 Å². The molecule has 1 N–H and O–H groups in total. The van der Waals surface area contributed by atoms with Gasteiger partial charge in [0, 0.05) is 24.2 Å². The molecule has 2 heteroatoms. The van der Waals surface area contributed by atoms with Gasteiger partial charge in [0.2, 0.25) is 0 Å². The number of nitrogens with zero attached hydrogens (tertiary/aromatic N) is 1. The van der Waals surface area contributed by atoms with E-state index in [0.717, 1.165) is 12.5 Å². The summed E-state index contributed by atoms with van der Waals surface area (Å²) in [4.78, 5) is 2.70. The first-order chi connectivity index (χ1) is 9.10. The first-order valence-electron chi connectivity index (χ1n) is 7.65. The second kappa shape index (κ2) is 4.92. The van der Waals surface area contributed by atoms with Gasteiger partial charge in [0.15, 0.2) is 0 Å². The van der Waals surface area contributed by atoms with Gasteiger partial charge in [-0.05, 0) is 51.6 Å². The summed E-state index contributed by atoms with van der Waals surface area (Å²) in [6.45, 7) is 9.51. The van der Waals surface area contributed by atoms with Crippen molar-refractivity contribution in [2.24, 2.45) is 5.92 Å². The van der Waals surface area contributed by atoms with Crippen LogP contribution in [0.15, 0.2) is 30.3 Å². The average Bonchev–Trinajstić information content (AvgIpc) is 2.62. The van der Waals surface area contributed by atoms with E-state index in [-0.39, 0.29) is 5.54 Å². The zero-order valence-electron chi connectivity index (χ0n) is 12.4. The molecule has 2 aliphatic rings. The van der Waals surface area contributed by atoms with Gasteiger partial charge in [0.05, 0.1) is 0 Å². The van der Waals surface area contributed by atoms with Gasteiger partial charge in [0.25, 0.3) is 0 Å². The van der Waals surface area contributed by atoms with Crippen LogP contribution in [0.1, 0.15) is 39.2 Å². The minimum atomic E-state index is 0.250. The average molecular weight is 258 g/mol. The lowest BCUT2D eigenvalue weighted by Gasteiger charge is -2.39. The van der Waals surface area contributed by atoms with E-state index in [0.29, 0.717) is 12.1 Å². The van der Waals surface area contributed by atoms with Crippen molar-refractivity contribution < 1.29 is 0 Å². The van der Waals surface area contributed by atoms with Crippen molar-refractivity contribution in [2.75, 3.05) is 6.54 Å². The minimum Gasteiger partial charge on any atom is -0.312 e. The number of piperidine rings is 1. The Balaban J connectivity index is 1.84. The van der Waals surface area contributed by atoms with Crippen LogP contribution in [0.4, 0.5) is 0 Å². The van der Waals surface area contributed by atoms with Gasteiger partial charge in [-0.25, -0.2) is 0 Å². The fourth-order valence-electron chi connectivity index (χ4n) is 4.27. The third-order valence-corrected chi connectivity index (χ3v) is 5.31. The van der Waals surface area contributed by atoms with E-state index in [9.17, 15) is 0 Å². The molecule has 0 spiro atoms. The van der Waals surface area contributed by atoms with E-state index in [1.807, 2.05) is 0 Å². The molecule has 0 amide bonds. The Labute approximate surface area is 117 Å². The highest BCUT2D eigenvalue weighted by Crippen LogP contribution is 2.42. The molecule has 0 bridgehead atoms. The summed E-state index contributed by atoms with van der Waals surface area (Å²) in [5, 5.41) is 3.78. The van der Waals surface area contributed by atoms with Gasteiger partial charge in [-0.2, -0.15) is 0 Å². The number of hydrogen-bond acceptors (Lipinski definition) is 2. The molecule has 2 nitrogen and oxygen atoms in total. The fourth-order valence-corrected chi connectivity index (χ4v) is 4.27. The van der Waals surface area contributed by atoms with Crippen LogP contribution in [-0.4, -0.2) is 29.1 Å². The van der Waals surface area contributed by atoms with Crippen LogP contribution < -0.4 is 5.32 Å². The topological polar surface area (TPSA) is 15.3 Å². The lowest BCUT2D eigenvalue weighted by molar-refractivity contribution is 0.113. The van der Waals surface area contributed by atoms with Crippen LogP contribution in [0, 0.1) is 5.92 Å². The summed E-state index contributed by atoms with van der Waals surface area (Å²) < 4.78 is 0. The number of rotatable bonds is 2. The number of hydrogen-bond donors (Lipinski definition) is 1. The number of benzene rings is 1. The van der Waals surface area contributed by atoms with Crippen LogP contribution in [0.5, 0.6) is 0 Å². The molecule has 0 saturated carbocycles. The maximum atomic E-state index is 3.78. The third-order valence-electron chi connectivity index (χ3n) is 5.31. The normalized spacial score (nSPS) is 34.2. The van der Waals surface area contributed by atoms with Crippen molar-refractivity contribution in [1.82, 2.24) is 10.2 Å². The molecule has 0 aromatic heterocycles. The summed E-state index contributed by atoms with van der Waals surface area (Å²) in [6.07, 6.45) is 2.72. The maximum absolute atomic E-state index is 3.78. The van der Waals surface area contributed by atoms with Crippen LogP contribution in [0.3, 0.4) is 0 Å². The molecule has 2 heterocycles. The second-order valence-electron chi connectivity index (χ2n) is 6.75. The van der Waals surface area contributed by atoms with Crippen molar-refractivity contribution in [3.8, 4) is 0 Å². The minimum absolute atomic E-state index is 0.250. The number of nitrogens with one attached hydrogen (secondary N) is 1. The van der Waals surface area contributed by atoms with Crippen molar-refractivity contribution in [1.29, 1.82) is 0 Å². The van der Waals surface area contributed by atoms with E-state index in [1.165, 1.54) is 24.9 Å². The van der Waals surface area contributed by atoms with Crippen LogP contribution in [0.25, 0.3) is 0 Å². The monoisotopic (exact) mass is 258 g/mol. The van der Waals surface area contributed by atoms with Gasteiger partial charge in [-0.15, -0.1) is 0 Å². The molecule has 0 radical (unpaired) electrons. The van der Waals surface area contributed by atoms with E-state index < -0.39 is 0 Å². The predicted molar refractivity (Wildman–Crippen MR) is 80.0 cm³/mol. The molecular formula is C17H26N2. The maximum Gasteiger partial charge on any atom is 0.0316 e. The Hall–Kier alpha value is -0.860. The summed E-state index contributed by atoms with van der Waals surface area (Å²) in [6, 6.07) is 12.2. The van der Waals surface area contributed by atoms with Crippen LogP contribution in [-0.2, 0) is 6.54 Å². The summed E-state index contributed by atoms with van der Waals surface area (Å²) in [5.41, 5.74) is 1.68.